The molecule has 0 bridgehead atoms. The van der Waals surface area contributed by atoms with E-state index in [0.717, 1.165) is 19.4 Å². The quantitative estimate of drug-likeness (QED) is 0.320. The van der Waals surface area contributed by atoms with Crippen LogP contribution in [0, 0.1) is 13.8 Å². The van der Waals surface area contributed by atoms with Gasteiger partial charge in [0.15, 0.2) is 0 Å². The van der Waals surface area contributed by atoms with Crippen LogP contribution in [0.5, 0.6) is 0 Å². The van der Waals surface area contributed by atoms with Gasteiger partial charge < -0.3 is 4.90 Å². The zero-order chi connectivity index (χ0) is 17.8. The van der Waals surface area contributed by atoms with Crippen LogP contribution in [0.3, 0.4) is 0 Å². The molecule has 0 aliphatic rings. The molecule has 0 unspecified atom stereocenters. The predicted octanol–water partition coefficient (Wildman–Crippen LogP) is 6.34. The van der Waals surface area contributed by atoms with E-state index in [0.29, 0.717) is 0 Å². The van der Waals surface area contributed by atoms with Crippen molar-refractivity contribution in [2.75, 3.05) is 19.6 Å². The van der Waals surface area contributed by atoms with Crippen LogP contribution < -0.4 is 0 Å². The maximum Gasteiger partial charge on any atom is 0.00158 e. The minimum atomic E-state index is 1.10. The standard InChI is InChI=1S/C23H37N/c1-6-9-13-22-18-20(4)21(5)23(19-22)14-11-12-17-24(15-8-3)16-10-7-2/h7,9,13,18-19H,2,6,8,10-12,14-17H2,1,3-5H3/b13-9+. The van der Waals surface area contributed by atoms with E-state index in [1.165, 1.54) is 61.0 Å². The van der Waals surface area contributed by atoms with Crippen LogP contribution in [0.25, 0.3) is 6.08 Å². The van der Waals surface area contributed by atoms with Crippen LogP contribution in [0.2, 0.25) is 0 Å². The molecule has 0 N–H and O–H groups in total. The van der Waals surface area contributed by atoms with Gasteiger partial charge in [0.05, 0.1) is 0 Å². The van der Waals surface area contributed by atoms with Crippen molar-refractivity contribution in [2.24, 2.45) is 0 Å². The second kappa shape index (κ2) is 12.1. The highest BCUT2D eigenvalue weighted by Gasteiger charge is 2.06. The molecule has 0 atom stereocenters. The van der Waals surface area contributed by atoms with Crippen molar-refractivity contribution >= 4 is 6.08 Å². The van der Waals surface area contributed by atoms with Gasteiger partial charge in [-0.1, -0.05) is 44.2 Å². The van der Waals surface area contributed by atoms with E-state index in [1.807, 2.05) is 6.08 Å². The van der Waals surface area contributed by atoms with Crippen molar-refractivity contribution in [3.8, 4) is 0 Å². The molecular weight excluding hydrogens is 290 g/mol. The Hall–Kier alpha value is -1.34. The molecule has 1 aromatic rings. The van der Waals surface area contributed by atoms with E-state index >= 15 is 0 Å². The molecule has 0 spiro atoms. The summed E-state index contributed by atoms with van der Waals surface area (Å²) in [7, 11) is 0. The molecule has 0 saturated carbocycles. The second-order valence-corrected chi connectivity index (χ2v) is 6.81. The first-order chi connectivity index (χ1) is 11.6. The largest absolute Gasteiger partial charge is 0.303 e. The van der Waals surface area contributed by atoms with Crippen LogP contribution in [0.15, 0.2) is 30.9 Å². The van der Waals surface area contributed by atoms with Gasteiger partial charge >= 0.3 is 0 Å². The van der Waals surface area contributed by atoms with E-state index in [-0.39, 0.29) is 0 Å². The lowest BCUT2D eigenvalue weighted by atomic mass is 9.95. The van der Waals surface area contributed by atoms with Crippen LogP contribution in [0.1, 0.15) is 68.2 Å². The van der Waals surface area contributed by atoms with E-state index in [9.17, 15) is 0 Å². The molecule has 0 heterocycles. The van der Waals surface area contributed by atoms with Crippen LogP contribution in [0.4, 0.5) is 0 Å². The molecule has 1 aromatic carbocycles. The lowest BCUT2D eigenvalue weighted by Crippen LogP contribution is -2.26. The predicted molar refractivity (Wildman–Crippen MR) is 110 cm³/mol. The highest BCUT2D eigenvalue weighted by atomic mass is 15.1. The number of benzene rings is 1. The second-order valence-electron chi connectivity index (χ2n) is 6.81. The first kappa shape index (κ1) is 20.7. The summed E-state index contributed by atoms with van der Waals surface area (Å²) in [6, 6.07) is 4.69. The number of hydrogen-bond donors (Lipinski definition) is 0. The van der Waals surface area contributed by atoms with Crippen molar-refractivity contribution in [1.29, 1.82) is 0 Å². The molecule has 1 rings (SSSR count). The first-order valence-electron chi connectivity index (χ1n) is 9.72. The SMILES string of the molecule is C=CCCN(CCC)CCCCc1cc(/C=C/CC)cc(C)c1C. The Morgan fingerprint density at radius 3 is 2.50 bits per heavy atom. The van der Waals surface area contributed by atoms with Gasteiger partial charge in [-0.25, -0.2) is 0 Å². The fraction of sp³-hybridized carbons (Fsp3) is 0.565. The Labute approximate surface area is 150 Å². The summed E-state index contributed by atoms with van der Waals surface area (Å²) in [4.78, 5) is 2.58. The molecule has 0 radical (unpaired) electrons. The zero-order valence-electron chi connectivity index (χ0n) is 16.4. The van der Waals surface area contributed by atoms with Gasteiger partial charge in [-0.2, -0.15) is 0 Å². The zero-order valence-corrected chi connectivity index (χ0v) is 16.4. The van der Waals surface area contributed by atoms with Gasteiger partial charge in [-0.3, -0.25) is 0 Å². The average molecular weight is 328 g/mol. The normalized spacial score (nSPS) is 11.5. The minimum Gasteiger partial charge on any atom is -0.303 e. The Bertz CT molecular complexity index is 513. The Kier molecular flexibility index (Phi) is 10.4. The fourth-order valence-corrected chi connectivity index (χ4v) is 3.15. The summed E-state index contributed by atoms with van der Waals surface area (Å²) in [5.41, 5.74) is 5.77. The van der Waals surface area contributed by atoms with Crippen molar-refractivity contribution in [3.05, 3.63) is 53.1 Å². The number of aryl methyl sites for hydroxylation is 2. The van der Waals surface area contributed by atoms with E-state index in [2.05, 4.69) is 63.5 Å². The van der Waals surface area contributed by atoms with Crippen molar-refractivity contribution in [2.45, 2.75) is 66.2 Å². The maximum atomic E-state index is 3.84. The van der Waals surface area contributed by atoms with Crippen LogP contribution in [-0.2, 0) is 6.42 Å². The monoisotopic (exact) mass is 327 g/mol. The summed E-state index contributed by atoms with van der Waals surface area (Å²) in [6.45, 7) is 16.4. The number of allylic oxidation sites excluding steroid dienone is 1. The van der Waals surface area contributed by atoms with Crippen molar-refractivity contribution in [3.63, 3.8) is 0 Å². The molecule has 0 amide bonds. The maximum absolute atomic E-state index is 3.84. The first-order valence-corrected chi connectivity index (χ1v) is 9.72. The minimum absolute atomic E-state index is 1.10. The molecular formula is C23H37N. The molecule has 0 aliphatic heterocycles. The molecule has 24 heavy (non-hydrogen) atoms. The topological polar surface area (TPSA) is 3.24 Å². The molecule has 134 valence electrons. The van der Waals surface area contributed by atoms with Gasteiger partial charge in [0.25, 0.3) is 0 Å². The lowest BCUT2D eigenvalue weighted by Gasteiger charge is -2.21. The van der Waals surface area contributed by atoms with E-state index in [4.69, 9.17) is 0 Å². The molecule has 0 aromatic heterocycles. The number of nitrogens with zero attached hydrogens (tertiary/aromatic N) is 1. The summed E-state index contributed by atoms with van der Waals surface area (Å²) < 4.78 is 0. The highest BCUT2D eigenvalue weighted by Crippen LogP contribution is 2.20. The molecule has 0 saturated heterocycles. The smallest absolute Gasteiger partial charge is 0.00158 e. The van der Waals surface area contributed by atoms with Gasteiger partial charge in [0.2, 0.25) is 0 Å². The Morgan fingerprint density at radius 1 is 1.04 bits per heavy atom. The number of rotatable bonds is 12. The molecule has 1 nitrogen and oxygen atoms in total. The van der Waals surface area contributed by atoms with Gasteiger partial charge in [0.1, 0.15) is 0 Å². The molecule has 1 heteroatoms. The summed E-state index contributed by atoms with van der Waals surface area (Å²) >= 11 is 0. The third kappa shape index (κ3) is 7.49. The number of unbranched alkanes of at least 4 members (excludes halogenated alkanes) is 1. The molecule has 0 aliphatic carbocycles. The summed E-state index contributed by atoms with van der Waals surface area (Å²) in [5.74, 6) is 0. The fourth-order valence-electron chi connectivity index (χ4n) is 3.15. The van der Waals surface area contributed by atoms with E-state index < -0.39 is 0 Å². The lowest BCUT2D eigenvalue weighted by molar-refractivity contribution is 0.273. The third-order valence-electron chi connectivity index (χ3n) is 4.70. The summed E-state index contributed by atoms with van der Waals surface area (Å²) in [5, 5.41) is 0. The van der Waals surface area contributed by atoms with Gasteiger partial charge in [0, 0.05) is 6.54 Å². The molecule has 0 fully saturated rings. The highest BCUT2D eigenvalue weighted by molar-refractivity contribution is 5.54. The average Bonchev–Trinajstić information content (AvgIpc) is 2.58. The Balaban J connectivity index is 2.55. The van der Waals surface area contributed by atoms with Crippen molar-refractivity contribution < 1.29 is 0 Å². The van der Waals surface area contributed by atoms with Gasteiger partial charge in [-0.05, 0) is 87.7 Å². The van der Waals surface area contributed by atoms with E-state index in [1.54, 1.807) is 0 Å². The van der Waals surface area contributed by atoms with Crippen molar-refractivity contribution in [1.82, 2.24) is 4.90 Å². The summed E-state index contributed by atoms with van der Waals surface area (Å²) in [6.07, 6.45) is 13.7. The van der Waals surface area contributed by atoms with Crippen LogP contribution in [-0.4, -0.2) is 24.5 Å². The Morgan fingerprint density at radius 2 is 1.83 bits per heavy atom. The third-order valence-corrected chi connectivity index (χ3v) is 4.70. The number of hydrogen-bond acceptors (Lipinski definition) is 1. The van der Waals surface area contributed by atoms with Gasteiger partial charge in [-0.15, -0.1) is 6.58 Å². The van der Waals surface area contributed by atoms with Crippen LogP contribution >= 0.6 is 0 Å².